The molecule has 0 aromatic carbocycles. The Balaban J connectivity index is 2.47. The van der Waals surface area contributed by atoms with Crippen molar-refractivity contribution in [3.05, 3.63) is 0 Å². The molecule has 1 heterocycles. The van der Waals surface area contributed by atoms with Crippen LogP contribution < -0.4 is 5.32 Å². The van der Waals surface area contributed by atoms with Gasteiger partial charge in [-0.25, -0.2) is 0 Å². The van der Waals surface area contributed by atoms with Gasteiger partial charge in [0.25, 0.3) is 0 Å². The van der Waals surface area contributed by atoms with Gasteiger partial charge in [-0.3, -0.25) is 9.69 Å². The molecule has 0 bridgehead atoms. The average molecular weight is 241 g/mol. The maximum atomic E-state index is 11.5. The standard InChI is InChI=1S/C11H19N3O3/c1-11(2)8-14(5-9(7-15)17-11)6-10(16)13-4-3-12/h9,15H,4-8H2,1-2H3,(H,13,16). The molecule has 1 rings (SSSR count). The molecule has 1 fully saturated rings. The maximum Gasteiger partial charge on any atom is 0.235 e. The first-order chi connectivity index (χ1) is 7.96. The highest BCUT2D eigenvalue weighted by Gasteiger charge is 2.33. The van der Waals surface area contributed by atoms with E-state index in [1.54, 1.807) is 0 Å². The fourth-order valence-electron chi connectivity index (χ4n) is 2.03. The van der Waals surface area contributed by atoms with Gasteiger partial charge in [0.05, 0.1) is 30.9 Å². The number of aliphatic hydroxyl groups excluding tert-OH is 1. The van der Waals surface area contributed by atoms with Crippen molar-refractivity contribution in [2.45, 2.75) is 25.6 Å². The monoisotopic (exact) mass is 241 g/mol. The van der Waals surface area contributed by atoms with Gasteiger partial charge in [0.15, 0.2) is 0 Å². The van der Waals surface area contributed by atoms with Gasteiger partial charge >= 0.3 is 0 Å². The van der Waals surface area contributed by atoms with Gasteiger partial charge in [-0.15, -0.1) is 0 Å². The molecule has 0 aliphatic carbocycles. The van der Waals surface area contributed by atoms with E-state index in [2.05, 4.69) is 5.32 Å². The Morgan fingerprint density at radius 1 is 1.71 bits per heavy atom. The van der Waals surface area contributed by atoms with Crippen LogP contribution in [-0.4, -0.2) is 60.4 Å². The fourth-order valence-corrected chi connectivity index (χ4v) is 2.03. The van der Waals surface area contributed by atoms with E-state index in [0.717, 1.165) is 0 Å². The topological polar surface area (TPSA) is 85.6 Å². The Hall–Kier alpha value is -1.16. The number of ether oxygens (including phenoxy) is 1. The number of nitrogens with zero attached hydrogens (tertiary/aromatic N) is 2. The van der Waals surface area contributed by atoms with Crippen LogP contribution in [-0.2, 0) is 9.53 Å². The summed E-state index contributed by atoms with van der Waals surface area (Å²) >= 11 is 0. The van der Waals surface area contributed by atoms with E-state index < -0.39 is 0 Å². The van der Waals surface area contributed by atoms with Crippen LogP contribution in [0, 0.1) is 11.3 Å². The lowest BCUT2D eigenvalue weighted by Crippen LogP contribution is -2.55. The Kier molecular flexibility index (Phi) is 4.87. The molecule has 6 nitrogen and oxygen atoms in total. The quantitative estimate of drug-likeness (QED) is 0.623. The van der Waals surface area contributed by atoms with Gasteiger partial charge in [0.1, 0.15) is 6.54 Å². The second-order valence-electron chi connectivity index (χ2n) is 4.79. The number of hydrogen-bond donors (Lipinski definition) is 2. The second kappa shape index (κ2) is 5.96. The summed E-state index contributed by atoms with van der Waals surface area (Å²) < 4.78 is 5.64. The third-order valence-electron chi connectivity index (χ3n) is 2.49. The number of hydrogen-bond acceptors (Lipinski definition) is 5. The van der Waals surface area contributed by atoms with E-state index in [9.17, 15) is 4.79 Å². The van der Waals surface area contributed by atoms with Crippen LogP contribution in [0.4, 0.5) is 0 Å². The third kappa shape index (κ3) is 4.69. The molecule has 1 saturated heterocycles. The molecular formula is C11H19N3O3. The zero-order chi connectivity index (χ0) is 12.9. The number of morpholine rings is 1. The lowest BCUT2D eigenvalue weighted by atomic mass is 10.1. The molecule has 1 unspecified atom stereocenters. The van der Waals surface area contributed by atoms with Crippen molar-refractivity contribution in [2.24, 2.45) is 0 Å². The van der Waals surface area contributed by atoms with Crippen LogP contribution in [0.1, 0.15) is 13.8 Å². The summed E-state index contributed by atoms with van der Waals surface area (Å²) in [6.45, 7) is 5.20. The van der Waals surface area contributed by atoms with Crippen molar-refractivity contribution >= 4 is 5.91 Å². The first-order valence-electron chi connectivity index (χ1n) is 5.61. The summed E-state index contributed by atoms with van der Waals surface area (Å²) in [4.78, 5) is 13.4. The molecular weight excluding hydrogens is 222 g/mol. The predicted octanol–water partition coefficient (Wildman–Crippen LogP) is -0.902. The van der Waals surface area contributed by atoms with E-state index in [-0.39, 0.29) is 37.3 Å². The average Bonchev–Trinajstić information content (AvgIpc) is 2.24. The zero-order valence-corrected chi connectivity index (χ0v) is 10.3. The van der Waals surface area contributed by atoms with Crippen LogP contribution >= 0.6 is 0 Å². The summed E-state index contributed by atoms with van der Waals surface area (Å²) in [5.41, 5.74) is -0.374. The van der Waals surface area contributed by atoms with Crippen LogP contribution in [0.15, 0.2) is 0 Å². The van der Waals surface area contributed by atoms with Gasteiger partial charge in [-0.1, -0.05) is 0 Å². The second-order valence-corrected chi connectivity index (χ2v) is 4.79. The van der Waals surface area contributed by atoms with Gasteiger partial charge in [0.2, 0.25) is 5.91 Å². The minimum Gasteiger partial charge on any atom is -0.394 e. The van der Waals surface area contributed by atoms with Gasteiger partial charge < -0.3 is 15.2 Å². The number of nitrogens with one attached hydrogen (secondary N) is 1. The van der Waals surface area contributed by atoms with Crippen LogP contribution in [0.25, 0.3) is 0 Å². The largest absolute Gasteiger partial charge is 0.394 e. The van der Waals surface area contributed by atoms with E-state index >= 15 is 0 Å². The molecule has 1 aliphatic rings. The maximum absolute atomic E-state index is 11.5. The summed E-state index contributed by atoms with van der Waals surface area (Å²) in [6, 6.07) is 1.86. The lowest BCUT2D eigenvalue weighted by Gasteiger charge is -2.41. The minimum absolute atomic E-state index is 0.0238. The van der Waals surface area contributed by atoms with Crippen molar-refractivity contribution in [3.8, 4) is 6.07 Å². The van der Waals surface area contributed by atoms with E-state index in [1.165, 1.54) is 0 Å². The molecule has 2 N–H and O–H groups in total. The first-order valence-corrected chi connectivity index (χ1v) is 5.61. The summed E-state index contributed by atoms with van der Waals surface area (Å²) in [5.74, 6) is -0.180. The molecule has 0 aromatic heterocycles. The first kappa shape index (κ1) is 13.9. The van der Waals surface area contributed by atoms with Crippen molar-refractivity contribution in [3.63, 3.8) is 0 Å². The predicted molar refractivity (Wildman–Crippen MR) is 61.1 cm³/mol. The molecule has 1 atom stereocenters. The van der Waals surface area contributed by atoms with Gasteiger partial charge in [-0.2, -0.15) is 5.26 Å². The van der Waals surface area contributed by atoms with Crippen molar-refractivity contribution in [1.29, 1.82) is 5.26 Å². The minimum atomic E-state index is -0.374. The van der Waals surface area contributed by atoms with Crippen molar-refractivity contribution in [2.75, 3.05) is 32.8 Å². The van der Waals surface area contributed by atoms with Crippen LogP contribution in [0.2, 0.25) is 0 Å². The number of rotatable bonds is 4. The van der Waals surface area contributed by atoms with Crippen molar-refractivity contribution < 1.29 is 14.6 Å². The van der Waals surface area contributed by atoms with Crippen molar-refractivity contribution in [1.82, 2.24) is 10.2 Å². The van der Waals surface area contributed by atoms with Gasteiger partial charge in [-0.05, 0) is 13.8 Å². The molecule has 0 radical (unpaired) electrons. The summed E-state index contributed by atoms with van der Waals surface area (Å²) in [6.07, 6.45) is -0.262. The van der Waals surface area contributed by atoms with E-state index in [4.69, 9.17) is 15.1 Å². The van der Waals surface area contributed by atoms with E-state index in [1.807, 2.05) is 24.8 Å². The number of nitriles is 1. The Bertz CT molecular complexity index is 312. The smallest absolute Gasteiger partial charge is 0.235 e. The lowest BCUT2D eigenvalue weighted by molar-refractivity contribution is -0.153. The SMILES string of the molecule is CC1(C)CN(CC(=O)NCC#N)CC(CO)O1. The molecule has 0 aromatic rings. The Labute approximate surface area is 101 Å². The number of carbonyl (C=O) groups is 1. The normalized spacial score (nSPS) is 24.0. The third-order valence-corrected chi connectivity index (χ3v) is 2.49. The fraction of sp³-hybridized carbons (Fsp3) is 0.818. The molecule has 1 amide bonds. The summed E-state index contributed by atoms with van der Waals surface area (Å²) in [5, 5.41) is 20.0. The highest BCUT2D eigenvalue weighted by molar-refractivity contribution is 5.78. The molecule has 6 heteroatoms. The Morgan fingerprint density at radius 2 is 2.41 bits per heavy atom. The van der Waals surface area contributed by atoms with Crippen LogP contribution in [0.3, 0.4) is 0 Å². The highest BCUT2D eigenvalue weighted by Crippen LogP contribution is 2.20. The molecule has 17 heavy (non-hydrogen) atoms. The number of amides is 1. The number of carbonyl (C=O) groups excluding carboxylic acids is 1. The highest BCUT2D eigenvalue weighted by atomic mass is 16.5. The molecule has 96 valence electrons. The van der Waals surface area contributed by atoms with E-state index in [0.29, 0.717) is 13.1 Å². The zero-order valence-electron chi connectivity index (χ0n) is 10.3. The number of aliphatic hydroxyl groups is 1. The van der Waals surface area contributed by atoms with Gasteiger partial charge in [0, 0.05) is 13.1 Å². The van der Waals surface area contributed by atoms with Crippen LogP contribution in [0.5, 0.6) is 0 Å². The summed E-state index contributed by atoms with van der Waals surface area (Å²) in [7, 11) is 0. The molecule has 0 spiro atoms. The molecule has 0 saturated carbocycles. The molecule has 1 aliphatic heterocycles. The Morgan fingerprint density at radius 3 is 3.00 bits per heavy atom.